The van der Waals surface area contributed by atoms with Crippen molar-refractivity contribution < 1.29 is 18.3 Å². The minimum absolute atomic E-state index is 0. The maximum atomic E-state index is 12.1. The van der Waals surface area contributed by atoms with Crippen LogP contribution in [-0.2, 0) is 11.3 Å². The molecule has 0 radical (unpaired) electrons. The summed E-state index contributed by atoms with van der Waals surface area (Å²) < 4.78 is 34.2. The van der Waals surface area contributed by atoms with E-state index in [-0.39, 0.29) is 24.0 Å². The van der Waals surface area contributed by atoms with E-state index in [2.05, 4.69) is 15.6 Å². The lowest BCUT2D eigenvalue weighted by Gasteiger charge is -2.12. The Morgan fingerprint density at radius 3 is 2.74 bits per heavy atom. The van der Waals surface area contributed by atoms with Gasteiger partial charge >= 0.3 is 0 Å². The molecule has 0 amide bonds. The van der Waals surface area contributed by atoms with Crippen LogP contribution in [0, 0.1) is 0 Å². The summed E-state index contributed by atoms with van der Waals surface area (Å²) in [7, 11) is 3.35. The highest BCUT2D eigenvalue weighted by Crippen LogP contribution is 2.14. The van der Waals surface area contributed by atoms with E-state index in [9.17, 15) is 8.78 Å². The maximum Gasteiger partial charge on any atom is 0.272 e. The molecule has 0 atom stereocenters. The zero-order chi connectivity index (χ0) is 16.2. The molecule has 0 unspecified atom stereocenters. The molecule has 0 spiro atoms. The van der Waals surface area contributed by atoms with Crippen LogP contribution in [0.15, 0.2) is 29.3 Å². The smallest absolute Gasteiger partial charge is 0.272 e. The molecule has 0 saturated heterocycles. The zero-order valence-electron chi connectivity index (χ0n) is 13.4. The van der Waals surface area contributed by atoms with E-state index in [0.717, 1.165) is 18.5 Å². The van der Waals surface area contributed by atoms with E-state index < -0.39 is 13.0 Å². The maximum absolute atomic E-state index is 12.1. The topological polar surface area (TPSA) is 54.9 Å². The van der Waals surface area contributed by atoms with Gasteiger partial charge in [0.2, 0.25) is 0 Å². The van der Waals surface area contributed by atoms with Crippen molar-refractivity contribution in [1.82, 2.24) is 10.6 Å². The first kappa shape index (κ1) is 21.8. The number of nitrogens with one attached hydrogen (secondary N) is 2. The number of halogens is 3. The second-order valence-electron chi connectivity index (χ2n) is 4.55. The van der Waals surface area contributed by atoms with E-state index in [4.69, 9.17) is 9.47 Å². The van der Waals surface area contributed by atoms with E-state index in [1.165, 1.54) is 0 Å². The van der Waals surface area contributed by atoms with Gasteiger partial charge in [0.05, 0.1) is 0 Å². The van der Waals surface area contributed by atoms with Gasteiger partial charge in [0, 0.05) is 33.9 Å². The number of alkyl halides is 2. The Hall–Kier alpha value is -1.16. The molecule has 0 aliphatic carbocycles. The van der Waals surface area contributed by atoms with Crippen LogP contribution >= 0.6 is 24.0 Å². The molecule has 0 fully saturated rings. The van der Waals surface area contributed by atoms with Gasteiger partial charge < -0.3 is 20.1 Å². The van der Waals surface area contributed by atoms with Gasteiger partial charge in [0.15, 0.2) is 5.96 Å². The third kappa shape index (κ3) is 10.3. The summed E-state index contributed by atoms with van der Waals surface area (Å²) in [4.78, 5) is 4.11. The van der Waals surface area contributed by atoms with Crippen molar-refractivity contribution in [1.29, 1.82) is 0 Å². The van der Waals surface area contributed by atoms with Crippen molar-refractivity contribution in [3.63, 3.8) is 0 Å². The van der Waals surface area contributed by atoms with Gasteiger partial charge in [-0.2, -0.15) is 0 Å². The van der Waals surface area contributed by atoms with Crippen LogP contribution in [0.4, 0.5) is 8.78 Å². The van der Waals surface area contributed by atoms with Gasteiger partial charge in [-0.25, -0.2) is 8.78 Å². The molecular formula is C15H24F2IN3O2. The van der Waals surface area contributed by atoms with Crippen molar-refractivity contribution >= 4 is 29.9 Å². The number of guanidine groups is 1. The van der Waals surface area contributed by atoms with E-state index in [1.807, 2.05) is 6.07 Å². The SMILES string of the molecule is CN=C(NCCCOC)NCc1cccc(OCC(F)F)c1.I. The number of rotatable bonds is 9. The lowest BCUT2D eigenvalue weighted by Crippen LogP contribution is -2.37. The molecular weight excluding hydrogens is 419 g/mol. The van der Waals surface area contributed by atoms with Gasteiger partial charge in [-0.05, 0) is 24.1 Å². The number of hydrogen-bond acceptors (Lipinski definition) is 3. The predicted molar refractivity (Wildman–Crippen MR) is 98.1 cm³/mol. The fourth-order valence-electron chi connectivity index (χ4n) is 1.73. The molecule has 0 bridgehead atoms. The number of benzene rings is 1. The molecule has 0 heterocycles. The Morgan fingerprint density at radius 2 is 2.09 bits per heavy atom. The molecule has 5 nitrogen and oxygen atoms in total. The number of methoxy groups -OCH3 is 1. The van der Waals surface area contributed by atoms with Gasteiger partial charge in [0.1, 0.15) is 12.4 Å². The molecule has 8 heteroatoms. The molecule has 0 aromatic heterocycles. The van der Waals surface area contributed by atoms with E-state index in [1.54, 1.807) is 32.4 Å². The Morgan fingerprint density at radius 1 is 1.30 bits per heavy atom. The summed E-state index contributed by atoms with van der Waals surface area (Å²) in [5, 5.41) is 6.31. The molecule has 1 aromatic rings. The third-order valence-corrected chi connectivity index (χ3v) is 2.78. The monoisotopic (exact) mass is 443 g/mol. The summed E-state index contributed by atoms with van der Waals surface area (Å²) in [6, 6.07) is 7.05. The predicted octanol–water partition coefficient (Wildman–Crippen LogP) is 2.65. The molecule has 0 saturated carbocycles. The van der Waals surface area contributed by atoms with Crippen LogP contribution in [0.3, 0.4) is 0 Å². The van der Waals surface area contributed by atoms with Crippen LogP contribution in [0.25, 0.3) is 0 Å². The average molecular weight is 443 g/mol. The second kappa shape index (κ2) is 13.3. The Kier molecular flexibility index (Phi) is 12.6. The van der Waals surface area contributed by atoms with Gasteiger partial charge in [-0.3, -0.25) is 4.99 Å². The summed E-state index contributed by atoms with van der Waals surface area (Å²) >= 11 is 0. The highest BCUT2D eigenvalue weighted by Gasteiger charge is 2.04. The Labute approximate surface area is 152 Å². The van der Waals surface area contributed by atoms with Crippen molar-refractivity contribution in [3.8, 4) is 5.75 Å². The summed E-state index contributed by atoms with van der Waals surface area (Å²) in [6.45, 7) is 1.37. The molecule has 23 heavy (non-hydrogen) atoms. The first-order valence-electron chi connectivity index (χ1n) is 7.09. The molecule has 132 valence electrons. The van der Waals surface area contributed by atoms with Gasteiger partial charge in [0.25, 0.3) is 6.43 Å². The highest BCUT2D eigenvalue weighted by molar-refractivity contribution is 14.0. The number of ether oxygens (including phenoxy) is 2. The van der Waals surface area contributed by atoms with E-state index in [0.29, 0.717) is 24.9 Å². The van der Waals surface area contributed by atoms with Crippen LogP contribution in [0.5, 0.6) is 5.75 Å². The largest absolute Gasteiger partial charge is 0.488 e. The quantitative estimate of drug-likeness (QED) is 0.267. The summed E-state index contributed by atoms with van der Waals surface area (Å²) in [5.41, 5.74) is 0.923. The number of aliphatic imine (C=N–C) groups is 1. The van der Waals surface area contributed by atoms with Crippen molar-refractivity contribution in [2.24, 2.45) is 4.99 Å². The number of nitrogens with zero attached hydrogens (tertiary/aromatic N) is 1. The molecule has 0 aliphatic rings. The number of hydrogen-bond donors (Lipinski definition) is 2. The standard InChI is InChI=1S/C15H23F2N3O2.HI/c1-18-15(19-7-4-8-21-2)20-10-12-5-3-6-13(9-12)22-11-14(16)17;/h3,5-6,9,14H,4,7-8,10-11H2,1-2H3,(H2,18,19,20);1H. The Balaban J connectivity index is 0.00000484. The average Bonchev–Trinajstić information content (AvgIpc) is 2.52. The van der Waals surface area contributed by atoms with Crippen LogP contribution in [0.1, 0.15) is 12.0 Å². The lowest BCUT2D eigenvalue weighted by molar-refractivity contribution is 0.0818. The Bertz CT molecular complexity index is 462. The van der Waals surface area contributed by atoms with Crippen molar-refractivity contribution in [2.45, 2.75) is 19.4 Å². The fraction of sp³-hybridized carbons (Fsp3) is 0.533. The van der Waals surface area contributed by atoms with Crippen molar-refractivity contribution in [2.75, 3.05) is 33.9 Å². The lowest BCUT2D eigenvalue weighted by atomic mass is 10.2. The normalized spacial score (nSPS) is 11.1. The molecule has 0 aliphatic heterocycles. The molecule has 2 N–H and O–H groups in total. The molecule has 1 aromatic carbocycles. The van der Waals surface area contributed by atoms with Crippen LogP contribution in [-0.4, -0.2) is 46.3 Å². The van der Waals surface area contributed by atoms with Gasteiger partial charge in [-0.15, -0.1) is 24.0 Å². The summed E-state index contributed by atoms with van der Waals surface area (Å²) in [6.07, 6.45) is -1.59. The van der Waals surface area contributed by atoms with Crippen LogP contribution in [0.2, 0.25) is 0 Å². The first-order valence-corrected chi connectivity index (χ1v) is 7.09. The minimum atomic E-state index is -2.48. The highest BCUT2D eigenvalue weighted by atomic mass is 127. The minimum Gasteiger partial charge on any atom is -0.488 e. The zero-order valence-corrected chi connectivity index (χ0v) is 15.7. The van der Waals surface area contributed by atoms with Gasteiger partial charge in [-0.1, -0.05) is 12.1 Å². The fourth-order valence-corrected chi connectivity index (χ4v) is 1.73. The third-order valence-electron chi connectivity index (χ3n) is 2.78. The van der Waals surface area contributed by atoms with E-state index >= 15 is 0 Å². The second-order valence-corrected chi connectivity index (χ2v) is 4.55. The molecule has 1 rings (SSSR count). The van der Waals surface area contributed by atoms with Crippen molar-refractivity contribution in [3.05, 3.63) is 29.8 Å². The van der Waals surface area contributed by atoms with Crippen LogP contribution < -0.4 is 15.4 Å². The first-order chi connectivity index (χ1) is 10.7. The summed E-state index contributed by atoms with van der Waals surface area (Å²) in [5.74, 6) is 1.11.